The van der Waals surface area contributed by atoms with Gasteiger partial charge in [-0.05, 0) is 31.2 Å². The van der Waals surface area contributed by atoms with Crippen LogP contribution in [-0.2, 0) is 11.3 Å². The summed E-state index contributed by atoms with van der Waals surface area (Å²) in [4.78, 5) is 6.68. The van der Waals surface area contributed by atoms with E-state index >= 15 is 0 Å². The number of aryl methyl sites for hydroxylation is 1. The van der Waals surface area contributed by atoms with Crippen molar-refractivity contribution >= 4 is 0 Å². The number of ether oxygens (including phenoxy) is 2. The van der Waals surface area contributed by atoms with Crippen LogP contribution in [0.2, 0.25) is 0 Å². The van der Waals surface area contributed by atoms with Crippen LogP contribution in [0.15, 0.2) is 41.1 Å². The second-order valence-electron chi connectivity index (χ2n) is 6.52. The van der Waals surface area contributed by atoms with E-state index in [1.54, 1.807) is 12.5 Å². The minimum Gasteiger partial charge on any atom is -0.492 e. The third-order valence-electron chi connectivity index (χ3n) is 4.82. The first-order chi connectivity index (χ1) is 11.3. The van der Waals surface area contributed by atoms with Gasteiger partial charge in [0.15, 0.2) is 0 Å². The van der Waals surface area contributed by atoms with Crippen LogP contribution in [0, 0.1) is 18.8 Å². The lowest BCUT2D eigenvalue weighted by atomic mass is 9.94. The highest BCUT2D eigenvalue weighted by Crippen LogP contribution is 2.34. The number of nitrogens with zero attached hydrogens (tertiary/aromatic N) is 2. The SMILES string of the molecule is Cc1ccc(OC[C@@H]2CO[C@H]3CN(Cc4ccco4)C[C@@H]23)cn1. The van der Waals surface area contributed by atoms with Gasteiger partial charge >= 0.3 is 0 Å². The van der Waals surface area contributed by atoms with Crippen molar-refractivity contribution in [1.29, 1.82) is 0 Å². The number of pyridine rings is 1. The number of rotatable bonds is 5. The van der Waals surface area contributed by atoms with E-state index < -0.39 is 0 Å². The molecule has 0 radical (unpaired) electrons. The Morgan fingerprint density at radius 2 is 2.26 bits per heavy atom. The molecule has 4 rings (SSSR count). The van der Waals surface area contributed by atoms with Gasteiger partial charge in [0.05, 0.1) is 38.3 Å². The fourth-order valence-corrected chi connectivity index (χ4v) is 3.55. The van der Waals surface area contributed by atoms with E-state index in [-0.39, 0.29) is 0 Å². The van der Waals surface area contributed by atoms with E-state index in [0.717, 1.165) is 43.4 Å². The summed E-state index contributed by atoms with van der Waals surface area (Å²) in [6.07, 6.45) is 3.85. The normalized spacial score (nSPS) is 27.3. The quantitative estimate of drug-likeness (QED) is 0.848. The van der Waals surface area contributed by atoms with Gasteiger partial charge in [0.2, 0.25) is 0 Å². The van der Waals surface area contributed by atoms with Gasteiger partial charge in [-0.15, -0.1) is 0 Å². The van der Waals surface area contributed by atoms with Gasteiger partial charge in [0, 0.05) is 30.6 Å². The van der Waals surface area contributed by atoms with Crippen LogP contribution in [0.1, 0.15) is 11.5 Å². The summed E-state index contributed by atoms with van der Waals surface area (Å²) < 4.78 is 17.3. The van der Waals surface area contributed by atoms with Crippen LogP contribution in [0.3, 0.4) is 0 Å². The summed E-state index contributed by atoms with van der Waals surface area (Å²) in [6, 6.07) is 7.92. The topological polar surface area (TPSA) is 47.7 Å². The van der Waals surface area contributed by atoms with Crippen molar-refractivity contribution in [3.63, 3.8) is 0 Å². The number of hydrogen-bond donors (Lipinski definition) is 0. The molecule has 0 N–H and O–H groups in total. The molecule has 2 aromatic heterocycles. The smallest absolute Gasteiger partial charge is 0.137 e. The van der Waals surface area contributed by atoms with Crippen LogP contribution < -0.4 is 4.74 Å². The summed E-state index contributed by atoms with van der Waals surface area (Å²) >= 11 is 0. The monoisotopic (exact) mass is 314 g/mol. The van der Waals surface area contributed by atoms with E-state index in [9.17, 15) is 0 Å². The Morgan fingerprint density at radius 3 is 3.04 bits per heavy atom. The molecule has 2 saturated heterocycles. The second-order valence-corrected chi connectivity index (χ2v) is 6.52. The van der Waals surface area contributed by atoms with Crippen LogP contribution in [0.5, 0.6) is 5.75 Å². The first-order valence-electron chi connectivity index (χ1n) is 8.20. The molecule has 0 bridgehead atoms. The highest BCUT2D eigenvalue weighted by Gasteiger charge is 2.44. The van der Waals surface area contributed by atoms with Gasteiger partial charge < -0.3 is 13.9 Å². The molecule has 0 amide bonds. The van der Waals surface area contributed by atoms with Gasteiger partial charge in [-0.25, -0.2) is 0 Å². The summed E-state index contributed by atoms with van der Waals surface area (Å²) in [6.45, 7) is 6.35. The lowest BCUT2D eigenvalue weighted by molar-refractivity contribution is 0.0885. The minimum atomic E-state index is 0.328. The second kappa shape index (κ2) is 6.34. The first-order valence-corrected chi connectivity index (χ1v) is 8.20. The number of furan rings is 1. The number of aromatic nitrogens is 1. The lowest BCUT2D eigenvalue weighted by Gasteiger charge is -2.19. The zero-order chi connectivity index (χ0) is 15.6. The molecule has 122 valence electrons. The maximum atomic E-state index is 5.98. The van der Waals surface area contributed by atoms with Gasteiger partial charge in [-0.2, -0.15) is 0 Å². The van der Waals surface area contributed by atoms with E-state index in [1.807, 2.05) is 31.2 Å². The fraction of sp³-hybridized carbons (Fsp3) is 0.500. The molecule has 23 heavy (non-hydrogen) atoms. The van der Waals surface area contributed by atoms with Crippen molar-refractivity contribution in [2.45, 2.75) is 19.6 Å². The predicted molar refractivity (Wildman–Crippen MR) is 85.2 cm³/mol. The molecule has 4 heterocycles. The van der Waals surface area contributed by atoms with Crippen molar-refractivity contribution in [3.8, 4) is 5.75 Å². The average Bonchev–Trinajstić information content (AvgIpc) is 3.25. The number of likely N-dealkylation sites (tertiary alicyclic amines) is 1. The zero-order valence-corrected chi connectivity index (χ0v) is 13.4. The van der Waals surface area contributed by atoms with Crippen molar-refractivity contribution in [1.82, 2.24) is 9.88 Å². The number of hydrogen-bond acceptors (Lipinski definition) is 5. The van der Waals surface area contributed by atoms with E-state index in [2.05, 4.69) is 9.88 Å². The standard InChI is InChI=1S/C18H22N2O3/c1-13-4-5-15(7-19-13)22-11-14-12-23-18-10-20(9-17(14)18)8-16-3-2-6-21-16/h2-7,14,17-18H,8-12H2,1H3/t14-,17+,18+/m1/s1. The third-order valence-corrected chi connectivity index (χ3v) is 4.82. The van der Waals surface area contributed by atoms with E-state index in [0.29, 0.717) is 24.5 Å². The highest BCUT2D eigenvalue weighted by atomic mass is 16.5. The Morgan fingerprint density at radius 1 is 1.30 bits per heavy atom. The molecule has 0 saturated carbocycles. The molecule has 5 nitrogen and oxygen atoms in total. The third kappa shape index (κ3) is 3.26. The first kappa shape index (κ1) is 14.7. The van der Waals surface area contributed by atoms with Crippen LogP contribution in [0.4, 0.5) is 0 Å². The summed E-state index contributed by atoms with van der Waals surface area (Å²) in [5.41, 5.74) is 1.01. The van der Waals surface area contributed by atoms with Crippen molar-refractivity contribution in [2.24, 2.45) is 11.8 Å². The number of fused-ring (bicyclic) bond motifs is 1. The van der Waals surface area contributed by atoms with Crippen molar-refractivity contribution < 1.29 is 13.9 Å². The molecule has 3 atom stereocenters. The molecule has 2 aromatic rings. The molecule has 0 unspecified atom stereocenters. The van der Waals surface area contributed by atoms with Gasteiger partial charge in [0.1, 0.15) is 11.5 Å². The van der Waals surface area contributed by atoms with Crippen LogP contribution in [0.25, 0.3) is 0 Å². The van der Waals surface area contributed by atoms with Crippen molar-refractivity contribution in [2.75, 3.05) is 26.3 Å². The van der Waals surface area contributed by atoms with Gasteiger partial charge in [0.25, 0.3) is 0 Å². The summed E-state index contributed by atoms with van der Waals surface area (Å²) in [5, 5.41) is 0. The van der Waals surface area contributed by atoms with E-state index in [1.165, 1.54) is 0 Å². The summed E-state index contributed by atoms with van der Waals surface area (Å²) in [7, 11) is 0. The Bertz CT molecular complexity index is 626. The maximum Gasteiger partial charge on any atom is 0.137 e. The largest absolute Gasteiger partial charge is 0.492 e. The Labute approximate surface area is 136 Å². The average molecular weight is 314 g/mol. The van der Waals surface area contributed by atoms with Gasteiger partial charge in [-0.1, -0.05) is 0 Å². The molecule has 0 aromatic carbocycles. The Hall–Kier alpha value is -1.85. The van der Waals surface area contributed by atoms with E-state index in [4.69, 9.17) is 13.9 Å². The highest BCUT2D eigenvalue weighted by molar-refractivity contribution is 5.19. The molecule has 5 heteroatoms. The Kier molecular flexibility index (Phi) is 4.06. The molecular formula is C18H22N2O3. The summed E-state index contributed by atoms with van der Waals surface area (Å²) in [5.74, 6) is 2.85. The van der Waals surface area contributed by atoms with Crippen molar-refractivity contribution in [3.05, 3.63) is 48.2 Å². The molecule has 2 fully saturated rings. The fourth-order valence-electron chi connectivity index (χ4n) is 3.55. The Balaban J connectivity index is 1.32. The minimum absolute atomic E-state index is 0.328. The van der Waals surface area contributed by atoms with Crippen LogP contribution >= 0.6 is 0 Å². The lowest BCUT2D eigenvalue weighted by Crippen LogP contribution is -2.26. The maximum absolute atomic E-state index is 5.98. The molecular weight excluding hydrogens is 292 g/mol. The molecule has 0 spiro atoms. The zero-order valence-electron chi connectivity index (χ0n) is 13.4. The molecule has 0 aliphatic carbocycles. The van der Waals surface area contributed by atoms with Gasteiger partial charge in [-0.3, -0.25) is 9.88 Å². The molecule has 2 aliphatic heterocycles. The molecule has 2 aliphatic rings. The predicted octanol–water partition coefficient (Wildman–Crippen LogP) is 2.51. The van der Waals surface area contributed by atoms with Crippen LogP contribution in [-0.4, -0.2) is 42.3 Å².